The molecule has 0 aromatic heterocycles. The summed E-state index contributed by atoms with van der Waals surface area (Å²) in [6.45, 7) is 7.36. The van der Waals surface area contributed by atoms with Gasteiger partial charge in [0.15, 0.2) is 0 Å². The van der Waals surface area contributed by atoms with Gasteiger partial charge in [0.1, 0.15) is 0 Å². The molecule has 0 atom stereocenters. The predicted molar refractivity (Wildman–Crippen MR) is 108 cm³/mol. The lowest BCUT2D eigenvalue weighted by molar-refractivity contribution is 0.190. The topological polar surface area (TPSA) is 6.48 Å². The van der Waals surface area contributed by atoms with E-state index in [0.717, 1.165) is 12.5 Å². The molecule has 1 fully saturated rings. The van der Waals surface area contributed by atoms with Gasteiger partial charge in [-0.1, -0.05) is 43.0 Å². The Morgan fingerprint density at radius 1 is 0.840 bits per heavy atom. The van der Waals surface area contributed by atoms with Crippen LogP contribution in [0.4, 0.5) is 11.4 Å². The van der Waals surface area contributed by atoms with Crippen LogP contribution in [0.5, 0.6) is 0 Å². The SMILES string of the molecule is CC1CCN(CCCCN2c3ccccc3Sc3ccccc32)CC1. The van der Waals surface area contributed by atoms with Crippen LogP contribution in [0.15, 0.2) is 58.3 Å². The van der Waals surface area contributed by atoms with Crippen LogP contribution in [0.3, 0.4) is 0 Å². The smallest absolute Gasteiger partial charge is 0.0552 e. The maximum atomic E-state index is 2.66. The lowest BCUT2D eigenvalue weighted by atomic mass is 9.99. The van der Waals surface area contributed by atoms with Crippen molar-refractivity contribution in [1.82, 2.24) is 4.90 Å². The van der Waals surface area contributed by atoms with E-state index < -0.39 is 0 Å². The Hall–Kier alpha value is -1.45. The van der Waals surface area contributed by atoms with Gasteiger partial charge in [-0.05, 0) is 75.5 Å². The fourth-order valence-electron chi connectivity index (χ4n) is 3.91. The minimum Gasteiger partial charge on any atom is -0.340 e. The van der Waals surface area contributed by atoms with Crippen LogP contribution in [0.2, 0.25) is 0 Å². The molecule has 2 aromatic rings. The Morgan fingerprint density at radius 3 is 2.04 bits per heavy atom. The number of para-hydroxylation sites is 2. The van der Waals surface area contributed by atoms with E-state index in [1.54, 1.807) is 0 Å². The second-order valence-electron chi connectivity index (χ2n) is 7.42. The van der Waals surface area contributed by atoms with Crippen molar-refractivity contribution in [2.24, 2.45) is 5.92 Å². The molecule has 0 radical (unpaired) electrons. The highest BCUT2D eigenvalue weighted by Gasteiger charge is 2.22. The molecule has 0 saturated carbocycles. The third-order valence-corrected chi connectivity index (χ3v) is 6.64. The molecule has 4 rings (SSSR count). The molecule has 2 aliphatic rings. The summed E-state index contributed by atoms with van der Waals surface area (Å²) in [6, 6.07) is 17.7. The van der Waals surface area contributed by atoms with Crippen LogP contribution in [0.25, 0.3) is 0 Å². The van der Waals surface area contributed by atoms with Crippen LogP contribution in [0, 0.1) is 5.92 Å². The number of fused-ring (bicyclic) bond motifs is 2. The zero-order chi connectivity index (χ0) is 17.1. The summed E-state index contributed by atoms with van der Waals surface area (Å²) in [6.07, 6.45) is 5.30. The first-order chi connectivity index (χ1) is 12.3. The van der Waals surface area contributed by atoms with Gasteiger partial charge in [-0.2, -0.15) is 0 Å². The first kappa shape index (κ1) is 17.0. The maximum Gasteiger partial charge on any atom is 0.0552 e. The Balaban J connectivity index is 1.39. The molecule has 0 spiro atoms. The average Bonchev–Trinajstić information content (AvgIpc) is 2.66. The third kappa shape index (κ3) is 3.88. The van der Waals surface area contributed by atoms with Gasteiger partial charge >= 0.3 is 0 Å². The van der Waals surface area contributed by atoms with Crippen molar-refractivity contribution >= 4 is 23.1 Å². The van der Waals surface area contributed by atoms with Crippen molar-refractivity contribution in [2.45, 2.75) is 42.4 Å². The van der Waals surface area contributed by atoms with Crippen LogP contribution in [-0.2, 0) is 0 Å². The number of benzene rings is 2. The van der Waals surface area contributed by atoms with Crippen LogP contribution >= 0.6 is 11.8 Å². The molecular formula is C22H28N2S. The second kappa shape index (κ2) is 7.84. The van der Waals surface area contributed by atoms with Crippen molar-refractivity contribution in [3.8, 4) is 0 Å². The number of likely N-dealkylation sites (tertiary alicyclic amines) is 1. The highest BCUT2D eigenvalue weighted by Crippen LogP contribution is 2.47. The van der Waals surface area contributed by atoms with E-state index >= 15 is 0 Å². The summed E-state index contributed by atoms with van der Waals surface area (Å²) >= 11 is 1.90. The molecule has 132 valence electrons. The zero-order valence-corrected chi connectivity index (χ0v) is 16.0. The van der Waals surface area contributed by atoms with Crippen LogP contribution < -0.4 is 4.90 Å². The molecule has 1 saturated heterocycles. The fraction of sp³-hybridized carbons (Fsp3) is 0.455. The van der Waals surface area contributed by atoms with Crippen LogP contribution in [-0.4, -0.2) is 31.1 Å². The largest absolute Gasteiger partial charge is 0.340 e. The summed E-state index contributed by atoms with van der Waals surface area (Å²) in [7, 11) is 0. The normalized spacial score (nSPS) is 18.0. The molecule has 0 N–H and O–H groups in total. The molecule has 0 bridgehead atoms. The number of nitrogens with zero attached hydrogens (tertiary/aromatic N) is 2. The Bertz CT molecular complexity index is 661. The third-order valence-electron chi connectivity index (χ3n) is 5.51. The number of hydrogen-bond donors (Lipinski definition) is 0. The van der Waals surface area contributed by atoms with E-state index in [-0.39, 0.29) is 0 Å². The standard InChI is InChI=1S/C22H28N2S/c1-18-12-16-23(17-13-18)14-6-7-15-24-19-8-2-4-10-21(19)25-22-11-5-3-9-20(22)24/h2-5,8-11,18H,6-7,12-17H2,1H3. The highest BCUT2D eigenvalue weighted by atomic mass is 32.2. The van der Waals surface area contributed by atoms with Gasteiger partial charge in [0.25, 0.3) is 0 Å². The Kier molecular flexibility index (Phi) is 5.33. The van der Waals surface area contributed by atoms with E-state index in [4.69, 9.17) is 0 Å². The Labute approximate surface area is 156 Å². The van der Waals surface area contributed by atoms with Crippen molar-refractivity contribution in [1.29, 1.82) is 0 Å². The number of anilines is 2. The summed E-state index contributed by atoms with van der Waals surface area (Å²) < 4.78 is 0. The van der Waals surface area contributed by atoms with E-state index in [9.17, 15) is 0 Å². The molecule has 25 heavy (non-hydrogen) atoms. The van der Waals surface area contributed by atoms with E-state index in [0.29, 0.717) is 0 Å². The minimum atomic E-state index is 0.926. The monoisotopic (exact) mass is 352 g/mol. The molecule has 0 amide bonds. The van der Waals surface area contributed by atoms with Crippen LogP contribution in [0.1, 0.15) is 32.6 Å². The fourth-order valence-corrected chi connectivity index (χ4v) is 5.01. The number of hydrogen-bond acceptors (Lipinski definition) is 3. The molecule has 2 nitrogen and oxygen atoms in total. The first-order valence-electron chi connectivity index (χ1n) is 9.67. The molecular weight excluding hydrogens is 324 g/mol. The summed E-state index contributed by atoms with van der Waals surface area (Å²) in [5, 5.41) is 0. The molecule has 0 unspecified atom stereocenters. The second-order valence-corrected chi connectivity index (χ2v) is 8.50. The van der Waals surface area contributed by atoms with E-state index in [1.165, 1.54) is 66.5 Å². The molecule has 2 aromatic carbocycles. The molecule has 0 aliphatic carbocycles. The number of piperidine rings is 1. The average molecular weight is 353 g/mol. The summed E-state index contributed by atoms with van der Waals surface area (Å²) in [5.74, 6) is 0.926. The zero-order valence-electron chi connectivity index (χ0n) is 15.2. The predicted octanol–water partition coefficient (Wildman–Crippen LogP) is 5.80. The summed E-state index contributed by atoms with van der Waals surface area (Å²) in [5.41, 5.74) is 2.75. The van der Waals surface area contributed by atoms with Crippen molar-refractivity contribution < 1.29 is 0 Å². The lowest BCUT2D eigenvalue weighted by Crippen LogP contribution is -2.34. The minimum absolute atomic E-state index is 0.926. The van der Waals surface area contributed by atoms with Crippen molar-refractivity contribution in [3.63, 3.8) is 0 Å². The number of unbranched alkanes of at least 4 members (excludes halogenated alkanes) is 1. The van der Waals surface area contributed by atoms with E-state index in [2.05, 4.69) is 65.3 Å². The maximum absolute atomic E-state index is 2.66. The van der Waals surface area contributed by atoms with Gasteiger partial charge in [0.2, 0.25) is 0 Å². The lowest BCUT2D eigenvalue weighted by Gasteiger charge is -2.33. The van der Waals surface area contributed by atoms with Gasteiger partial charge in [0, 0.05) is 16.3 Å². The highest BCUT2D eigenvalue weighted by molar-refractivity contribution is 7.99. The molecule has 2 aliphatic heterocycles. The van der Waals surface area contributed by atoms with Gasteiger partial charge in [-0.15, -0.1) is 0 Å². The first-order valence-corrected chi connectivity index (χ1v) is 10.5. The van der Waals surface area contributed by atoms with E-state index in [1.807, 2.05) is 11.8 Å². The quantitative estimate of drug-likeness (QED) is 0.628. The summed E-state index contributed by atoms with van der Waals surface area (Å²) in [4.78, 5) is 7.95. The molecule has 3 heteroatoms. The number of rotatable bonds is 5. The van der Waals surface area contributed by atoms with Crippen molar-refractivity contribution in [3.05, 3.63) is 48.5 Å². The molecule has 2 heterocycles. The van der Waals surface area contributed by atoms with Gasteiger partial charge < -0.3 is 9.80 Å². The van der Waals surface area contributed by atoms with Gasteiger partial charge in [-0.3, -0.25) is 0 Å². The van der Waals surface area contributed by atoms with Gasteiger partial charge in [0.05, 0.1) is 11.4 Å². The van der Waals surface area contributed by atoms with Gasteiger partial charge in [-0.25, -0.2) is 0 Å². The van der Waals surface area contributed by atoms with Crippen molar-refractivity contribution in [2.75, 3.05) is 31.1 Å². The Morgan fingerprint density at radius 2 is 1.40 bits per heavy atom.